The first-order valence-electron chi connectivity index (χ1n) is 8.57. The second kappa shape index (κ2) is 9.52. The van der Waals surface area contributed by atoms with Gasteiger partial charge in [0.1, 0.15) is 0 Å². The Morgan fingerprint density at radius 3 is 2.28 bits per heavy atom. The number of unbranched alkanes of at least 4 members (excludes halogenated alkanes) is 3. The summed E-state index contributed by atoms with van der Waals surface area (Å²) in [5.41, 5.74) is 2.23. The number of aromatic hydroxyl groups is 2. The summed E-state index contributed by atoms with van der Waals surface area (Å²) in [5, 5.41) is 18.8. The molecule has 2 N–H and O–H groups in total. The van der Waals surface area contributed by atoms with Crippen molar-refractivity contribution in [3.05, 3.63) is 59.2 Å². The van der Waals surface area contributed by atoms with Crippen LogP contribution < -0.4 is 0 Å². The number of esters is 1. The van der Waals surface area contributed by atoms with Crippen LogP contribution in [0.2, 0.25) is 0 Å². The number of ether oxygens (including phenoxy) is 1. The van der Waals surface area contributed by atoms with Crippen molar-refractivity contribution in [2.75, 3.05) is 6.61 Å². The van der Waals surface area contributed by atoms with Crippen LogP contribution in [0.5, 0.6) is 11.5 Å². The molecule has 0 aliphatic heterocycles. The Morgan fingerprint density at radius 1 is 0.920 bits per heavy atom. The average Bonchev–Trinajstić information content (AvgIpc) is 2.63. The molecule has 0 saturated heterocycles. The number of hydrogen-bond acceptors (Lipinski definition) is 4. The van der Waals surface area contributed by atoms with E-state index in [1.54, 1.807) is 18.2 Å². The predicted octanol–water partition coefficient (Wildman–Crippen LogP) is 5.01. The quantitative estimate of drug-likeness (QED) is 0.307. The van der Waals surface area contributed by atoms with Crippen LogP contribution >= 0.6 is 0 Å². The zero-order valence-corrected chi connectivity index (χ0v) is 14.4. The van der Waals surface area contributed by atoms with E-state index in [1.165, 1.54) is 12.1 Å². The summed E-state index contributed by atoms with van der Waals surface area (Å²) in [4.78, 5) is 11.9. The summed E-state index contributed by atoms with van der Waals surface area (Å²) in [6, 6.07) is 11.8. The topological polar surface area (TPSA) is 66.8 Å². The Kier molecular flexibility index (Phi) is 7.08. The van der Waals surface area contributed by atoms with Crippen molar-refractivity contribution in [2.24, 2.45) is 0 Å². The number of benzene rings is 2. The minimum Gasteiger partial charge on any atom is -0.504 e. The van der Waals surface area contributed by atoms with Gasteiger partial charge in [0.15, 0.2) is 11.5 Å². The van der Waals surface area contributed by atoms with Gasteiger partial charge in [0.05, 0.1) is 12.2 Å². The van der Waals surface area contributed by atoms with Gasteiger partial charge in [-0.3, -0.25) is 0 Å². The van der Waals surface area contributed by atoms with Gasteiger partial charge >= 0.3 is 5.97 Å². The van der Waals surface area contributed by atoms with Crippen LogP contribution in [0.15, 0.2) is 42.5 Å². The van der Waals surface area contributed by atoms with E-state index < -0.39 is 0 Å². The fourth-order valence-electron chi connectivity index (χ4n) is 2.34. The van der Waals surface area contributed by atoms with Crippen LogP contribution in [0.25, 0.3) is 12.2 Å². The lowest BCUT2D eigenvalue weighted by atomic mass is 10.1. The van der Waals surface area contributed by atoms with E-state index in [2.05, 4.69) is 6.92 Å². The van der Waals surface area contributed by atoms with Crippen LogP contribution in [0.3, 0.4) is 0 Å². The van der Waals surface area contributed by atoms with Crippen molar-refractivity contribution < 1.29 is 19.7 Å². The van der Waals surface area contributed by atoms with Crippen molar-refractivity contribution in [2.45, 2.75) is 32.6 Å². The van der Waals surface area contributed by atoms with Gasteiger partial charge in [-0.2, -0.15) is 0 Å². The van der Waals surface area contributed by atoms with Crippen molar-refractivity contribution in [1.29, 1.82) is 0 Å². The number of carbonyl (C=O) groups is 1. The van der Waals surface area contributed by atoms with Crippen LogP contribution in [0.4, 0.5) is 0 Å². The first-order valence-corrected chi connectivity index (χ1v) is 8.57. The summed E-state index contributed by atoms with van der Waals surface area (Å²) in [7, 11) is 0. The fourth-order valence-corrected chi connectivity index (χ4v) is 2.34. The Labute approximate surface area is 148 Å². The number of phenolic OH excluding ortho intramolecular Hbond substituents is 2. The molecule has 4 nitrogen and oxygen atoms in total. The molecule has 0 saturated carbocycles. The molecule has 4 heteroatoms. The highest BCUT2D eigenvalue weighted by molar-refractivity contribution is 5.89. The summed E-state index contributed by atoms with van der Waals surface area (Å²) < 4.78 is 5.26. The molecule has 0 aliphatic rings. The van der Waals surface area contributed by atoms with E-state index in [0.717, 1.165) is 36.8 Å². The lowest BCUT2D eigenvalue weighted by Gasteiger charge is -2.05. The minimum atomic E-state index is -0.296. The van der Waals surface area contributed by atoms with Crippen molar-refractivity contribution in [1.82, 2.24) is 0 Å². The summed E-state index contributed by atoms with van der Waals surface area (Å²) in [5.74, 6) is -0.593. The van der Waals surface area contributed by atoms with Crippen molar-refractivity contribution in [3.63, 3.8) is 0 Å². The van der Waals surface area contributed by atoms with Gasteiger partial charge in [-0.15, -0.1) is 0 Å². The minimum absolute atomic E-state index is 0.144. The normalized spacial score (nSPS) is 10.9. The van der Waals surface area contributed by atoms with Gasteiger partial charge in [-0.1, -0.05) is 56.5 Å². The highest BCUT2D eigenvalue weighted by Crippen LogP contribution is 2.25. The van der Waals surface area contributed by atoms with Gasteiger partial charge in [-0.25, -0.2) is 4.79 Å². The maximum Gasteiger partial charge on any atom is 0.338 e. The van der Waals surface area contributed by atoms with Crippen LogP contribution in [0.1, 0.15) is 54.1 Å². The molecule has 0 heterocycles. The molecule has 2 aromatic rings. The molecule has 0 aromatic heterocycles. The molecule has 0 aliphatic carbocycles. The molecule has 2 rings (SSSR count). The Hall–Kier alpha value is -2.75. The van der Waals surface area contributed by atoms with Crippen LogP contribution in [0, 0.1) is 0 Å². The second-order valence-electron chi connectivity index (χ2n) is 5.90. The highest BCUT2D eigenvalue weighted by atomic mass is 16.5. The van der Waals surface area contributed by atoms with E-state index in [0.29, 0.717) is 12.2 Å². The Balaban J connectivity index is 1.89. The maximum absolute atomic E-state index is 11.9. The first-order chi connectivity index (χ1) is 12.1. The molecular formula is C21H24O4. The summed E-state index contributed by atoms with van der Waals surface area (Å²) in [6.45, 7) is 2.61. The SMILES string of the molecule is CCCCCCOC(=O)c1ccc(/C=C\c2ccc(O)c(O)c2)cc1. The molecule has 0 unspecified atom stereocenters. The van der Waals surface area contributed by atoms with Crippen LogP contribution in [-0.2, 0) is 4.74 Å². The molecule has 0 radical (unpaired) electrons. The summed E-state index contributed by atoms with van der Waals surface area (Å²) in [6.07, 6.45) is 8.00. The van der Waals surface area contributed by atoms with E-state index in [4.69, 9.17) is 4.74 Å². The molecule has 0 bridgehead atoms. The van der Waals surface area contributed by atoms with E-state index in [-0.39, 0.29) is 17.5 Å². The van der Waals surface area contributed by atoms with E-state index in [1.807, 2.05) is 24.3 Å². The first kappa shape index (κ1) is 18.6. The number of carbonyl (C=O) groups excluding carboxylic acids is 1. The van der Waals surface area contributed by atoms with Gasteiger partial charge < -0.3 is 14.9 Å². The third-order valence-corrected chi connectivity index (χ3v) is 3.85. The third kappa shape index (κ3) is 5.99. The van der Waals surface area contributed by atoms with Crippen molar-refractivity contribution in [3.8, 4) is 11.5 Å². The predicted molar refractivity (Wildman–Crippen MR) is 99.6 cm³/mol. The zero-order valence-electron chi connectivity index (χ0n) is 14.4. The highest BCUT2D eigenvalue weighted by Gasteiger charge is 2.06. The molecule has 132 valence electrons. The number of phenols is 2. The number of rotatable bonds is 8. The average molecular weight is 340 g/mol. The molecule has 0 fully saturated rings. The fraction of sp³-hybridized carbons (Fsp3) is 0.286. The Bertz CT molecular complexity index is 717. The molecule has 0 amide bonds. The van der Waals surface area contributed by atoms with E-state index >= 15 is 0 Å². The largest absolute Gasteiger partial charge is 0.504 e. The van der Waals surface area contributed by atoms with E-state index in [9.17, 15) is 15.0 Å². The standard InChI is InChI=1S/C21H24O4/c1-2-3-4-5-14-25-21(24)18-11-8-16(9-12-18)6-7-17-10-13-19(22)20(23)15-17/h6-13,15,22-23H,2-5,14H2,1H3/b7-6-. The molecule has 0 spiro atoms. The molecular weight excluding hydrogens is 316 g/mol. The van der Waals surface area contributed by atoms with Gasteiger partial charge in [-0.05, 0) is 41.8 Å². The van der Waals surface area contributed by atoms with Crippen molar-refractivity contribution >= 4 is 18.1 Å². The summed E-state index contributed by atoms with van der Waals surface area (Å²) >= 11 is 0. The number of hydrogen-bond donors (Lipinski definition) is 2. The molecule has 0 atom stereocenters. The zero-order chi connectivity index (χ0) is 18.1. The maximum atomic E-state index is 11.9. The van der Waals surface area contributed by atoms with Gasteiger partial charge in [0.25, 0.3) is 0 Å². The molecule has 2 aromatic carbocycles. The van der Waals surface area contributed by atoms with Crippen LogP contribution in [-0.4, -0.2) is 22.8 Å². The lowest BCUT2D eigenvalue weighted by Crippen LogP contribution is -2.06. The lowest BCUT2D eigenvalue weighted by molar-refractivity contribution is 0.0498. The molecule has 25 heavy (non-hydrogen) atoms. The van der Waals surface area contributed by atoms with Gasteiger partial charge in [0, 0.05) is 0 Å². The smallest absolute Gasteiger partial charge is 0.338 e. The monoisotopic (exact) mass is 340 g/mol. The van der Waals surface area contributed by atoms with Gasteiger partial charge in [0.2, 0.25) is 0 Å². The second-order valence-corrected chi connectivity index (χ2v) is 5.90. The Morgan fingerprint density at radius 2 is 1.60 bits per heavy atom. The third-order valence-electron chi connectivity index (χ3n) is 3.85.